The van der Waals surface area contributed by atoms with Crippen molar-refractivity contribution < 1.29 is 19.1 Å². The smallest absolute Gasteiger partial charge is 0.338 e. The first-order valence-corrected chi connectivity index (χ1v) is 10.8. The van der Waals surface area contributed by atoms with Crippen LogP contribution >= 0.6 is 28.1 Å². The Morgan fingerprint density at radius 3 is 2.37 bits per heavy atom. The quantitative estimate of drug-likeness (QED) is 0.390. The lowest BCUT2D eigenvalue weighted by Gasteiger charge is -2.13. The molecule has 6 nitrogen and oxygen atoms in total. The Morgan fingerprint density at radius 1 is 1.10 bits per heavy atom. The third-order valence-electron chi connectivity index (χ3n) is 3.81. The Bertz CT molecular complexity index is 901. The second-order valence-corrected chi connectivity index (χ2v) is 8.23. The first-order valence-electron chi connectivity index (χ1n) is 9.62. The number of ether oxygens (including phenoxy) is 2. The monoisotopic (exact) mass is 492 g/mol. The number of anilines is 1. The molecule has 2 aromatic rings. The van der Waals surface area contributed by atoms with Crippen molar-refractivity contribution in [2.75, 3.05) is 18.5 Å². The van der Waals surface area contributed by atoms with E-state index in [1.54, 1.807) is 42.5 Å². The number of benzene rings is 2. The molecule has 0 radical (unpaired) electrons. The molecule has 0 saturated heterocycles. The highest BCUT2D eigenvalue weighted by atomic mass is 79.9. The minimum absolute atomic E-state index is 0.151. The molecule has 2 aromatic carbocycles. The second kappa shape index (κ2) is 11.7. The summed E-state index contributed by atoms with van der Waals surface area (Å²) in [6.07, 6.45) is 0.767. The molecule has 0 saturated carbocycles. The zero-order valence-electron chi connectivity index (χ0n) is 17.2. The van der Waals surface area contributed by atoms with Gasteiger partial charge in [-0.2, -0.15) is 0 Å². The minimum atomic E-state index is -0.370. The number of carbonyl (C=O) groups is 2. The van der Waals surface area contributed by atoms with Crippen LogP contribution in [0.2, 0.25) is 0 Å². The lowest BCUT2D eigenvalue weighted by atomic mass is 10.2. The molecule has 8 heteroatoms. The Kier molecular flexibility index (Phi) is 9.26. The van der Waals surface area contributed by atoms with E-state index >= 15 is 0 Å². The maximum Gasteiger partial charge on any atom is 0.338 e. The Hall–Kier alpha value is -2.45. The fourth-order valence-corrected chi connectivity index (χ4v) is 3.02. The fourth-order valence-electron chi connectivity index (χ4n) is 2.32. The molecule has 30 heavy (non-hydrogen) atoms. The number of hydrogen-bond donors (Lipinski definition) is 2. The van der Waals surface area contributed by atoms with E-state index in [1.165, 1.54) is 0 Å². The van der Waals surface area contributed by atoms with E-state index in [-0.39, 0.29) is 17.0 Å². The van der Waals surface area contributed by atoms with Crippen molar-refractivity contribution in [1.82, 2.24) is 5.32 Å². The molecule has 0 aromatic heterocycles. The minimum Gasteiger partial charge on any atom is -0.492 e. The molecule has 160 valence electrons. The molecule has 1 amide bonds. The SMILES string of the molecule is CCCOC(=O)c1ccc(NC(=S)NC(=O)c2ccc(OCC(C)C)c(Br)c2)cc1. The predicted octanol–water partition coefficient (Wildman–Crippen LogP) is 5.18. The van der Waals surface area contributed by atoms with Gasteiger partial charge in [-0.1, -0.05) is 20.8 Å². The first kappa shape index (κ1) is 23.8. The van der Waals surface area contributed by atoms with Gasteiger partial charge in [0.05, 0.1) is 23.2 Å². The summed E-state index contributed by atoms with van der Waals surface area (Å²) < 4.78 is 11.5. The summed E-state index contributed by atoms with van der Waals surface area (Å²) in [5.74, 6) is 0.368. The average Bonchev–Trinajstić information content (AvgIpc) is 2.71. The van der Waals surface area contributed by atoms with Crippen molar-refractivity contribution in [3.63, 3.8) is 0 Å². The Labute approximate surface area is 190 Å². The van der Waals surface area contributed by atoms with Gasteiger partial charge in [0.2, 0.25) is 0 Å². The molecule has 2 rings (SSSR count). The van der Waals surface area contributed by atoms with Crippen LogP contribution in [0.25, 0.3) is 0 Å². The van der Waals surface area contributed by atoms with Crippen LogP contribution in [0.3, 0.4) is 0 Å². The van der Waals surface area contributed by atoms with Crippen LogP contribution in [-0.2, 0) is 4.74 Å². The van der Waals surface area contributed by atoms with Crippen LogP contribution in [0, 0.1) is 5.92 Å². The highest BCUT2D eigenvalue weighted by Crippen LogP contribution is 2.26. The van der Waals surface area contributed by atoms with Gasteiger partial charge in [-0.15, -0.1) is 0 Å². The number of halogens is 1. The summed E-state index contributed by atoms with van der Waals surface area (Å²) >= 11 is 8.64. The van der Waals surface area contributed by atoms with E-state index in [9.17, 15) is 9.59 Å². The summed E-state index contributed by atoms with van der Waals surface area (Å²) in [5, 5.41) is 5.71. The third-order valence-corrected chi connectivity index (χ3v) is 4.63. The number of rotatable bonds is 8. The van der Waals surface area contributed by atoms with Gasteiger partial charge >= 0.3 is 5.97 Å². The summed E-state index contributed by atoms with van der Waals surface area (Å²) in [4.78, 5) is 24.3. The molecule has 2 N–H and O–H groups in total. The number of esters is 1. The normalized spacial score (nSPS) is 10.4. The van der Waals surface area contributed by atoms with Gasteiger partial charge in [-0.25, -0.2) is 4.79 Å². The van der Waals surface area contributed by atoms with Crippen LogP contribution in [0.15, 0.2) is 46.9 Å². The summed E-state index contributed by atoms with van der Waals surface area (Å²) in [6, 6.07) is 11.8. The van der Waals surface area contributed by atoms with Gasteiger partial charge in [0.15, 0.2) is 5.11 Å². The number of thiocarbonyl (C=S) groups is 1. The van der Waals surface area contributed by atoms with E-state index in [0.29, 0.717) is 46.2 Å². The molecular formula is C22H25BrN2O4S. The number of amides is 1. The predicted molar refractivity (Wildman–Crippen MR) is 125 cm³/mol. The van der Waals surface area contributed by atoms with Crippen molar-refractivity contribution in [3.8, 4) is 5.75 Å². The van der Waals surface area contributed by atoms with E-state index < -0.39 is 0 Å². The maximum absolute atomic E-state index is 12.5. The van der Waals surface area contributed by atoms with Gasteiger partial charge in [-0.05, 0) is 83.0 Å². The number of hydrogen-bond acceptors (Lipinski definition) is 5. The number of carbonyl (C=O) groups excluding carboxylic acids is 2. The van der Waals surface area contributed by atoms with Crippen LogP contribution < -0.4 is 15.4 Å². The van der Waals surface area contributed by atoms with Gasteiger partial charge < -0.3 is 14.8 Å². The Morgan fingerprint density at radius 2 is 1.77 bits per heavy atom. The van der Waals surface area contributed by atoms with E-state index in [4.69, 9.17) is 21.7 Å². The van der Waals surface area contributed by atoms with Gasteiger partial charge in [0.1, 0.15) is 5.75 Å². The molecule has 0 fully saturated rings. The Balaban J connectivity index is 1.92. The van der Waals surface area contributed by atoms with Gasteiger partial charge in [0, 0.05) is 11.3 Å². The molecule has 0 bridgehead atoms. The third kappa shape index (κ3) is 7.42. The van der Waals surface area contributed by atoms with Crippen molar-refractivity contribution in [1.29, 1.82) is 0 Å². The summed E-state index contributed by atoms with van der Waals surface area (Å²) in [6.45, 7) is 7.04. The van der Waals surface area contributed by atoms with E-state index in [0.717, 1.165) is 6.42 Å². The maximum atomic E-state index is 12.5. The fraction of sp³-hybridized carbons (Fsp3) is 0.318. The molecular weight excluding hydrogens is 468 g/mol. The zero-order chi connectivity index (χ0) is 22.1. The molecule has 0 heterocycles. The van der Waals surface area contributed by atoms with Gasteiger partial charge in [0.25, 0.3) is 5.91 Å². The molecule has 0 unspecified atom stereocenters. The molecule has 0 aliphatic rings. The highest BCUT2D eigenvalue weighted by Gasteiger charge is 2.12. The largest absolute Gasteiger partial charge is 0.492 e. The first-order chi connectivity index (χ1) is 14.3. The molecule has 0 aliphatic carbocycles. The molecule has 0 aliphatic heterocycles. The van der Waals surface area contributed by atoms with Crippen LogP contribution in [0.1, 0.15) is 47.9 Å². The van der Waals surface area contributed by atoms with Crippen molar-refractivity contribution in [2.24, 2.45) is 5.92 Å². The van der Waals surface area contributed by atoms with Crippen molar-refractivity contribution in [2.45, 2.75) is 27.2 Å². The lowest BCUT2D eigenvalue weighted by Crippen LogP contribution is -2.34. The van der Waals surface area contributed by atoms with Crippen LogP contribution in [0.4, 0.5) is 5.69 Å². The second-order valence-electron chi connectivity index (χ2n) is 6.97. The average molecular weight is 493 g/mol. The summed E-state index contributed by atoms with van der Waals surface area (Å²) in [7, 11) is 0. The van der Waals surface area contributed by atoms with E-state index in [2.05, 4.69) is 40.4 Å². The van der Waals surface area contributed by atoms with Crippen LogP contribution in [0.5, 0.6) is 5.75 Å². The molecule has 0 spiro atoms. The van der Waals surface area contributed by atoms with E-state index in [1.807, 2.05) is 6.92 Å². The standard InChI is InChI=1S/C22H25BrN2O4S/c1-4-11-28-21(27)15-5-8-17(9-6-15)24-22(30)25-20(26)16-7-10-19(18(23)12-16)29-13-14(2)3/h5-10,12,14H,4,11,13H2,1-3H3,(H2,24,25,26,30). The molecule has 0 atom stereocenters. The lowest BCUT2D eigenvalue weighted by molar-refractivity contribution is 0.0505. The summed E-state index contributed by atoms with van der Waals surface area (Å²) in [5.41, 5.74) is 1.54. The topological polar surface area (TPSA) is 76.7 Å². The number of nitrogens with one attached hydrogen (secondary N) is 2. The van der Waals surface area contributed by atoms with Gasteiger partial charge in [-0.3, -0.25) is 10.1 Å². The van der Waals surface area contributed by atoms with Crippen molar-refractivity contribution in [3.05, 3.63) is 58.1 Å². The van der Waals surface area contributed by atoms with Crippen LogP contribution in [-0.4, -0.2) is 30.2 Å². The highest BCUT2D eigenvalue weighted by molar-refractivity contribution is 9.10. The van der Waals surface area contributed by atoms with Crippen molar-refractivity contribution >= 4 is 50.8 Å². The zero-order valence-corrected chi connectivity index (χ0v) is 19.6.